The zero-order chi connectivity index (χ0) is 16.6. The maximum Gasteiger partial charge on any atom is 0.260 e. The number of aryl methyl sites for hydroxylation is 1. The molecular weight excluding hydrogens is 330 g/mol. The minimum Gasteiger partial charge on any atom is -0.355 e. The molecule has 124 valence electrons. The second kappa shape index (κ2) is 6.65. The van der Waals surface area contributed by atoms with E-state index < -0.39 is 0 Å². The van der Waals surface area contributed by atoms with Gasteiger partial charge in [-0.2, -0.15) is 0 Å². The summed E-state index contributed by atoms with van der Waals surface area (Å²) in [7, 11) is 0. The lowest BCUT2D eigenvalue weighted by atomic mass is 9.89. The highest BCUT2D eigenvalue weighted by molar-refractivity contribution is 8.00. The first-order valence-corrected chi connectivity index (χ1v) is 9.68. The van der Waals surface area contributed by atoms with Crippen molar-refractivity contribution in [2.75, 3.05) is 6.54 Å². The number of amides is 1. The maximum absolute atomic E-state index is 12.5. The number of rotatable bonds is 4. The summed E-state index contributed by atoms with van der Waals surface area (Å²) in [5.74, 6) is 0.626. The topological polar surface area (TPSA) is 74.8 Å². The van der Waals surface area contributed by atoms with E-state index in [4.69, 9.17) is 0 Å². The number of H-pyrrole nitrogens is 1. The van der Waals surface area contributed by atoms with Gasteiger partial charge in [-0.05, 0) is 44.6 Å². The third-order valence-electron chi connectivity index (χ3n) is 4.15. The predicted molar refractivity (Wildman–Crippen MR) is 95.4 cm³/mol. The number of thioether (sulfide) groups is 1. The highest BCUT2D eigenvalue weighted by atomic mass is 32.2. The molecule has 3 rings (SSSR count). The number of thiophene rings is 1. The molecule has 0 aliphatic heterocycles. The Morgan fingerprint density at radius 2 is 2.35 bits per heavy atom. The summed E-state index contributed by atoms with van der Waals surface area (Å²) >= 11 is 2.93. The molecule has 5 nitrogen and oxygen atoms in total. The molecule has 1 aliphatic rings. The Kier molecular flexibility index (Phi) is 4.77. The number of hydrogen-bond acceptors (Lipinski definition) is 5. The monoisotopic (exact) mass is 351 g/mol. The summed E-state index contributed by atoms with van der Waals surface area (Å²) in [6, 6.07) is 0. The highest BCUT2D eigenvalue weighted by Gasteiger charge is 2.23. The van der Waals surface area contributed by atoms with Crippen LogP contribution < -0.4 is 10.9 Å². The molecule has 2 N–H and O–H groups in total. The molecule has 0 saturated heterocycles. The Hall–Kier alpha value is -1.34. The van der Waals surface area contributed by atoms with Gasteiger partial charge in [-0.25, -0.2) is 4.98 Å². The standard InChI is InChI=1S/C16H21N3O2S2/c1-4-17-13(20)9(3)22-16-18-14(21)12-10-6-5-8(2)7-11(10)23-15(12)19-16/h8-9H,4-7H2,1-3H3,(H,17,20)(H,18,19,21)/t8-,9+/m0/s1. The van der Waals surface area contributed by atoms with Crippen LogP contribution >= 0.6 is 23.1 Å². The van der Waals surface area contributed by atoms with Crippen molar-refractivity contribution in [3.63, 3.8) is 0 Å². The molecule has 0 aromatic carbocycles. The van der Waals surface area contributed by atoms with Crippen LogP contribution in [0, 0.1) is 5.92 Å². The van der Waals surface area contributed by atoms with Gasteiger partial charge in [0.05, 0.1) is 10.6 Å². The van der Waals surface area contributed by atoms with Gasteiger partial charge >= 0.3 is 0 Å². The van der Waals surface area contributed by atoms with Gasteiger partial charge < -0.3 is 10.3 Å². The molecule has 0 fully saturated rings. The number of aromatic nitrogens is 2. The molecule has 0 unspecified atom stereocenters. The Bertz CT molecular complexity index is 796. The lowest BCUT2D eigenvalue weighted by molar-refractivity contribution is -0.120. The first-order chi connectivity index (χ1) is 11.0. The van der Waals surface area contributed by atoms with Crippen molar-refractivity contribution >= 4 is 39.2 Å². The largest absolute Gasteiger partial charge is 0.355 e. The fourth-order valence-corrected chi connectivity index (χ4v) is 5.19. The van der Waals surface area contributed by atoms with Gasteiger partial charge in [0.2, 0.25) is 5.91 Å². The van der Waals surface area contributed by atoms with E-state index in [0.717, 1.165) is 29.5 Å². The summed E-state index contributed by atoms with van der Waals surface area (Å²) in [5, 5.41) is 3.78. The molecule has 0 bridgehead atoms. The average molecular weight is 351 g/mol. The van der Waals surface area contributed by atoms with E-state index in [2.05, 4.69) is 22.2 Å². The fraction of sp³-hybridized carbons (Fsp3) is 0.562. The van der Waals surface area contributed by atoms with Crippen LogP contribution in [0.3, 0.4) is 0 Å². The first-order valence-electron chi connectivity index (χ1n) is 7.98. The highest BCUT2D eigenvalue weighted by Crippen LogP contribution is 2.36. The lowest BCUT2D eigenvalue weighted by Crippen LogP contribution is -2.30. The Labute approximate surface area is 143 Å². The van der Waals surface area contributed by atoms with E-state index in [-0.39, 0.29) is 16.7 Å². The van der Waals surface area contributed by atoms with Gasteiger partial charge in [0, 0.05) is 11.4 Å². The summed E-state index contributed by atoms with van der Waals surface area (Å²) < 4.78 is 0. The van der Waals surface area contributed by atoms with Crippen molar-refractivity contribution in [2.24, 2.45) is 5.92 Å². The third-order valence-corrected chi connectivity index (χ3v) is 6.28. The average Bonchev–Trinajstić information content (AvgIpc) is 2.84. The molecule has 2 aromatic heterocycles. The van der Waals surface area contributed by atoms with Gasteiger partial charge in [-0.3, -0.25) is 9.59 Å². The number of nitrogens with zero attached hydrogens (tertiary/aromatic N) is 1. The van der Waals surface area contributed by atoms with Crippen molar-refractivity contribution in [2.45, 2.75) is 50.4 Å². The molecule has 2 heterocycles. The molecule has 0 radical (unpaired) electrons. The Morgan fingerprint density at radius 1 is 1.57 bits per heavy atom. The normalized spacial score (nSPS) is 18.7. The van der Waals surface area contributed by atoms with Gasteiger partial charge in [0.25, 0.3) is 5.56 Å². The molecule has 2 aromatic rings. The van der Waals surface area contributed by atoms with Crippen LogP contribution in [-0.2, 0) is 17.6 Å². The van der Waals surface area contributed by atoms with Crippen LogP contribution in [-0.4, -0.2) is 27.7 Å². The van der Waals surface area contributed by atoms with Crippen molar-refractivity contribution < 1.29 is 4.79 Å². The van der Waals surface area contributed by atoms with Crippen molar-refractivity contribution in [3.8, 4) is 0 Å². The van der Waals surface area contributed by atoms with Crippen LogP contribution in [0.2, 0.25) is 0 Å². The minimum absolute atomic E-state index is 0.0421. The second-order valence-electron chi connectivity index (χ2n) is 6.06. The Morgan fingerprint density at radius 3 is 3.09 bits per heavy atom. The number of carbonyl (C=O) groups is 1. The second-order valence-corrected chi connectivity index (χ2v) is 8.47. The third kappa shape index (κ3) is 3.30. The number of carbonyl (C=O) groups excluding carboxylic acids is 1. The van der Waals surface area contributed by atoms with Crippen LogP contribution in [0.4, 0.5) is 0 Å². The number of fused-ring (bicyclic) bond motifs is 3. The van der Waals surface area contributed by atoms with Gasteiger partial charge in [-0.15, -0.1) is 11.3 Å². The number of nitrogens with one attached hydrogen (secondary N) is 2. The molecular formula is C16H21N3O2S2. The summed E-state index contributed by atoms with van der Waals surface area (Å²) in [5.41, 5.74) is 1.11. The summed E-state index contributed by atoms with van der Waals surface area (Å²) in [6.07, 6.45) is 3.12. The maximum atomic E-state index is 12.5. The molecule has 0 saturated carbocycles. The first kappa shape index (κ1) is 16.5. The SMILES string of the molecule is CCNC(=O)[C@@H](C)Sc1nc2sc3c(c2c(=O)[nH]1)CC[C@H](C)C3. The number of hydrogen-bond donors (Lipinski definition) is 2. The van der Waals surface area contributed by atoms with Crippen molar-refractivity contribution in [1.29, 1.82) is 0 Å². The smallest absolute Gasteiger partial charge is 0.260 e. The molecule has 1 amide bonds. The van der Waals surface area contributed by atoms with E-state index >= 15 is 0 Å². The van der Waals surface area contributed by atoms with Crippen molar-refractivity contribution in [3.05, 3.63) is 20.8 Å². The lowest BCUT2D eigenvalue weighted by Gasteiger charge is -2.17. The van der Waals surface area contributed by atoms with Crippen molar-refractivity contribution in [1.82, 2.24) is 15.3 Å². The number of aromatic amines is 1. The van der Waals surface area contributed by atoms with E-state index in [9.17, 15) is 9.59 Å². The van der Waals surface area contributed by atoms with E-state index in [1.807, 2.05) is 13.8 Å². The molecule has 7 heteroatoms. The zero-order valence-corrected chi connectivity index (χ0v) is 15.2. The van der Waals surface area contributed by atoms with Gasteiger partial charge in [0.1, 0.15) is 4.83 Å². The van der Waals surface area contributed by atoms with Crippen LogP contribution in [0.25, 0.3) is 10.2 Å². The van der Waals surface area contributed by atoms with Crippen LogP contribution in [0.1, 0.15) is 37.6 Å². The Balaban J connectivity index is 1.93. The summed E-state index contributed by atoms with van der Waals surface area (Å²) in [4.78, 5) is 33.9. The molecule has 0 spiro atoms. The molecule has 1 aliphatic carbocycles. The molecule has 23 heavy (non-hydrogen) atoms. The van der Waals surface area contributed by atoms with Gasteiger partial charge in [-0.1, -0.05) is 18.7 Å². The van der Waals surface area contributed by atoms with Crippen LogP contribution in [0.15, 0.2) is 9.95 Å². The van der Waals surface area contributed by atoms with E-state index in [1.165, 1.54) is 22.2 Å². The predicted octanol–water partition coefficient (Wildman–Crippen LogP) is 2.73. The van der Waals surface area contributed by atoms with Crippen LogP contribution in [0.5, 0.6) is 0 Å². The van der Waals surface area contributed by atoms with E-state index in [0.29, 0.717) is 17.6 Å². The zero-order valence-electron chi connectivity index (χ0n) is 13.6. The summed E-state index contributed by atoms with van der Waals surface area (Å²) in [6.45, 7) is 6.56. The molecule has 2 atom stereocenters. The van der Waals surface area contributed by atoms with E-state index in [1.54, 1.807) is 11.3 Å². The quantitative estimate of drug-likeness (QED) is 0.656. The minimum atomic E-state index is -0.287. The fourth-order valence-electron chi connectivity index (χ4n) is 2.92. The van der Waals surface area contributed by atoms with Gasteiger partial charge in [0.15, 0.2) is 5.16 Å².